The van der Waals surface area contributed by atoms with Crippen LogP contribution in [-0.2, 0) is 18.3 Å². The number of hydrogen-bond acceptors (Lipinski definition) is 5. The fraction of sp³-hybridized carbons (Fsp3) is 0.562. The average Bonchev–Trinajstić information content (AvgIpc) is 3.16. The van der Waals surface area contributed by atoms with Crippen molar-refractivity contribution in [3.05, 3.63) is 29.4 Å². The van der Waals surface area contributed by atoms with Gasteiger partial charge in [0.1, 0.15) is 0 Å². The molecular formula is C16H25ClN4OS. The Labute approximate surface area is 147 Å². The zero-order valence-corrected chi connectivity index (χ0v) is 15.3. The van der Waals surface area contributed by atoms with Crippen LogP contribution in [0.3, 0.4) is 0 Å². The molecule has 1 saturated heterocycles. The lowest BCUT2D eigenvalue weighted by Crippen LogP contribution is -2.47. The number of thiophene rings is 1. The zero-order chi connectivity index (χ0) is 15.5. The molecule has 2 aromatic rings. The highest BCUT2D eigenvalue weighted by Gasteiger charge is 2.27. The maximum absolute atomic E-state index is 5.96. The minimum atomic E-state index is 0. The van der Waals surface area contributed by atoms with E-state index in [0.29, 0.717) is 18.7 Å². The van der Waals surface area contributed by atoms with E-state index in [1.807, 2.05) is 29.3 Å². The Balaban J connectivity index is 0.00000192. The van der Waals surface area contributed by atoms with E-state index in [1.54, 1.807) is 7.11 Å². The van der Waals surface area contributed by atoms with Gasteiger partial charge in [0.15, 0.2) is 0 Å². The number of halogens is 1. The lowest BCUT2D eigenvalue weighted by atomic mass is 9.99. The zero-order valence-electron chi connectivity index (χ0n) is 13.6. The normalized spacial score (nSPS) is 22.0. The molecule has 2 unspecified atom stereocenters. The molecule has 23 heavy (non-hydrogen) atoms. The van der Waals surface area contributed by atoms with Crippen LogP contribution in [0.4, 0.5) is 0 Å². The van der Waals surface area contributed by atoms with Crippen LogP contribution in [0.25, 0.3) is 10.4 Å². The van der Waals surface area contributed by atoms with Gasteiger partial charge < -0.3 is 10.5 Å². The number of hydrogen-bond donors (Lipinski definition) is 1. The predicted octanol–water partition coefficient (Wildman–Crippen LogP) is 2.51. The van der Waals surface area contributed by atoms with Gasteiger partial charge in [-0.2, -0.15) is 5.10 Å². The number of aryl methyl sites for hydroxylation is 1. The summed E-state index contributed by atoms with van der Waals surface area (Å²) in [7, 11) is 3.75. The van der Waals surface area contributed by atoms with Crippen molar-refractivity contribution in [3.8, 4) is 10.4 Å². The van der Waals surface area contributed by atoms with Gasteiger partial charge in [0, 0.05) is 61.3 Å². The summed E-state index contributed by atoms with van der Waals surface area (Å²) >= 11 is 1.84. The Hall–Kier alpha value is -0.920. The molecule has 3 heterocycles. The molecule has 3 rings (SSSR count). The summed E-state index contributed by atoms with van der Waals surface area (Å²) in [6.07, 6.45) is 6.46. The molecule has 2 atom stereocenters. The summed E-state index contributed by atoms with van der Waals surface area (Å²) in [6, 6.07) is 4.84. The summed E-state index contributed by atoms with van der Waals surface area (Å²) in [5.74, 6) is 0. The van der Waals surface area contributed by atoms with Crippen molar-refractivity contribution >= 4 is 23.7 Å². The molecule has 0 spiro atoms. The van der Waals surface area contributed by atoms with Crippen molar-refractivity contribution in [1.29, 1.82) is 0 Å². The molecule has 5 nitrogen and oxygen atoms in total. The summed E-state index contributed by atoms with van der Waals surface area (Å²) in [4.78, 5) is 5.15. The molecule has 0 aliphatic carbocycles. The van der Waals surface area contributed by atoms with Crippen LogP contribution in [-0.4, -0.2) is 47.0 Å². The molecule has 0 aromatic carbocycles. The summed E-state index contributed by atoms with van der Waals surface area (Å²) in [5, 5.41) is 4.24. The molecule has 1 aliphatic heterocycles. The molecule has 0 amide bonds. The van der Waals surface area contributed by atoms with Crippen molar-refractivity contribution in [2.45, 2.75) is 31.5 Å². The van der Waals surface area contributed by atoms with E-state index >= 15 is 0 Å². The van der Waals surface area contributed by atoms with E-state index in [2.05, 4.69) is 28.3 Å². The lowest BCUT2D eigenvalue weighted by molar-refractivity contribution is 0.0106. The number of ether oxygens (including phenoxy) is 1. The highest BCUT2D eigenvalue weighted by molar-refractivity contribution is 7.15. The monoisotopic (exact) mass is 356 g/mol. The molecule has 7 heteroatoms. The van der Waals surface area contributed by atoms with Crippen LogP contribution in [0.1, 0.15) is 17.7 Å². The number of nitrogens with two attached hydrogens (primary N) is 1. The second-order valence-corrected chi connectivity index (χ2v) is 7.08. The van der Waals surface area contributed by atoms with Crippen molar-refractivity contribution in [2.75, 3.05) is 20.2 Å². The van der Waals surface area contributed by atoms with Gasteiger partial charge in [-0.15, -0.1) is 23.7 Å². The Bertz CT molecular complexity index is 615. The summed E-state index contributed by atoms with van der Waals surface area (Å²) < 4.78 is 7.34. The first-order valence-electron chi connectivity index (χ1n) is 7.74. The van der Waals surface area contributed by atoms with Gasteiger partial charge >= 0.3 is 0 Å². The predicted molar refractivity (Wildman–Crippen MR) is 97.1 cm³/mol. The third-order valence-corrected chi connectivity index (χ3v) is 5.52. The van der Waals surface area contributed by atoms with Gasteiger partial charge in [0.2, 0.25) is 0 Å². The number of piperidine rings is 1. The third-order valence-electron chi connectivity index (χ3n) is 4.41. The molecule has 2 aromatic heterocycles. The number of nitrogens with zero attached hydrogens (tertiary/aromatic N) is 3. The SMILES string of the molecule is COC1CCN(Cc2ccc(-c3cnn(C)c3)s2)C(CN)C1.Cl. The van der Waals surface area contributed by atoms with Gasteiger partial charge in [0.05, 0.1) is 12.3 Å². The second kappa shape index (κ2) is 8.26. The Morgan fingerprint density at radius 1 is 1.43 bits per heavy atom. The number of aromatic nitrogens is 2. The molecular weight excluding hydrogens is 332 g/mol. The van der Waals surface area contributed by atoms with Crippen LogP contribution in [0.2, 0.25) is 0 Å². The van der Waals surface area contributed by atoms with Crippen LogP contribution < -0.4 is 5.73 Å². The van der Waals surface area contributed by atoms with Gasteiger partial charge in [-0.05, 0) is 25.0 Å². The largest absolute Gasteiger partial charge is 0.381 e. The quantitative estimate of drug-likeness (QED) is 0.894. The minimum Gasteiger partial charge on any atom is -0.381 e. The molecule has 1 aliphatic rings. The topological polar surface area (TPSA) is 56.3 Å². The first kappa shape index (κ1) is 18.4. The van der Waals surface area contributed by atoms with E-state index in [9.17, 15) is 0 Å². The van der Waals surface area contributed by atoms with Gasteiger partial charge in [-0.1, -0.05) is 0 Å². The van der Waals surface area contributed by atoms with E-state index in [4.69, 9.17) is 10.5 Å². The van der Waals surface area contributed by atoms with Crippen molar-refractivity contribution in [2.24, 2.45) is 12.8 Å². The Kier molecular flexibility index (Phi) is 6.61. The molecule has 0 radical (unpaired) electrons. The molecule has 0 bridgehead atoms. The van der Waals surface area contributed by atoms with Crippen molar-refractivity contribution in [1.82, 2.24) is 14.7 Å². The standard InChI is InChI=1S/C16H24N4OS.ClH/c1-19-10-12(9-18-19)16-4-3-15(22-16)11-20-6-5-14(21-2)7-13(20)8-17;/h3-4,9-10,13-14H,5-8,11,17H2,1-2H3;1H. The Morgan fingerprint density at radius 2 is 2.26 bits per heavy atom. The third kappa shape index (κ3) is 4.33. The number of likely N-dealkylation sites (tertiary alicyclic amines) is 1. The fourth-order valence-electron chi connectivity index (χ4n) is 3.10. The van der Waals surface area contributed by atoms with Crippen LogP contribution >= 0.6 is 23.7 Å². The van der Waals surface area contributed by atoms with Gasteiger partial charge in [-0.3, -0.25) is 9.58 Å². The average molecular weight is 357 g/mol. The molecule has 128 valence electrons. The van der Waals surface area contributed by atoms with Crippen LogP contribution in [0, 0.1) is 0 Å². The summed E-state index contributed by atoms with van der Waals surface area (Å²) in [6.45, 7) is 2.73. The highest BCUT2D eigenvalue weighted by atomic mass is 35.5. The second-order valence-electron chi connectivity index (χ2n) is 5.91. The highest BCUT2D eigenvalue weighted by Crippen LogP contribution is 2.30. The first-order valence-corrected chi connectivity index (χ1v) is 8.56. The van der Waals surface area contributed by atoms with E-state index in [0.717, 1.165) is 25.9 Å². The van der Waals surface area contributed by atoms with Crippen molar-refractivity contribution in [3.63, 3.8) is 0 Å². The van der Waals surface area contributed by atoms with Gasteiger partial charge in [-0.25, -0.2) is 0 Å². The van der Waals surface area contributed by atoms with Crippen LogP contribution in [0.15, 0.2) is 24.5 Å². The molecule has 0 saturated carbocycles. The van der Waals surface area contributed by atoms with Crippen LogP contribution in [0.5, 0.6) is 0 Å². The Morgan fingerprint density at radius 3 is 2.91 bits per heavy atom. The lowest BCUT2D eigenvalue weighted by Gasteiger charge is -2.38. The number of rotatable bonds is 5. The smallest absolute Gasteiger partial charge is 0.0599 e. The van der Waals surface area contributed by atoms with Crippen molar-refractivity contribution < 1.29 is 4.74 Å². The fourth-order valence-corrected chi connectivity index (χ4v) is 4.11. The number of methoxy groups -OCH3 is 1. The van der Waals surface area contributed by atoms with Gasteiger partial charge in [0.25, 0.3) is 0 Å². The first-order chi connectivity index (χ1) is 10.7. The maximum atomic E-state index is 5.96. The van der Waals surface area contributed by atoms with E-state index in [-0.39, 0.29) is 12.4 Å². The molecule has 2 N–H and O–H groups in total. The molecule has 1 fully saturated rings. The maximum Gasteiger partial charge on any atom is 0.0599 e. The van der Waals surface area contributed by atoms with E-state index < -0.39 is 0 Å². The minimum absolute atomic E-state index is 0. The van der Waals surface area contributed by atoms with E-state index in [1.165, 1.54) is 15.3 Å². The summed E-state index contributed by atoms with van der Waals surface area (Å²) in [5.41, 5.74) is 7.15.